The number of nitrogens with zero attached hydrogens (tertiary/aromatic N) is 1. The second kappa shape index (κ2) is 5.94. The van der Waals surface area contributed by atoms with Crippen LogP contribution in [0, 0.1) is 0 Å². The molecular weight excluding hydrogens is 308 g/mol. The number of carbonyl (C=O) groups is 1. The largest absolute Gasteiger partial charge is 0.480 e. The highest BCUT2D eigenvalue weighted by atomic mass is 32.2. The van der Waals surface area contributed by atoms with E-state index in [4.69, 9.17) is 5.11 Å². The first-order valence-corrected chi connectivity index (χ1v) is 7.53. The summed E-state index contributed by atoms with van der Waals surface area (Å²) in [5.74, 6) is -1.41. The van der Waals surface area contributed by atoms with Gasteiger partial charge in [0.1, 0.15) is 12.3 Å². The summed E-state index contributed by atoms with van der Waals surface area (Å²) >= 11 is 0. The molecule has 6 nitrogen and oxygen atoms in total. The van der Waals surface area contributed by atoms with Gasteiger partial charge in [-0.05, 0) is 37.1 Å². The van der Waals surface area contributed by atoms with E-state index < -0.39 is 29.1 Å². The Balaban J connectivity index is 2.23. The van der Waals surface area contributed by atoms with Crippen LogP contribution in [-0.4, -0.2) is 43.0 Å². The van der Waals surface area contributed by atoms with E-state index in [1.165, 1.54) is 0 Å². The van der Waals surface area contributed by atoms with E-state index in [-0.39, 0.29) is 16.7 Å². The maximum atomic E-state index is 12.4. The normalized spacial score (nSPS) is 15.4. The molecule has 1 aromatic rings. The van der Waals surface area contributed by atoms with Crippen LogP contribution in [0.15, 0.2) is 29.2 Å². The summed E-state index contributed by atoms with van der Waals surface area (Å²) in [5, 5.41) is 8.80. The summed E-state index contributed by atoms with van der Waals surface area (Å²) in [6.07, 6.45) is 1.22. The Bertz CT molecular complexity index is 613. The minimum absolute atomic E-state index is 0.155. The average molecular weight is 321 g/mol. The first kappa shape index (κ1) is 15.6. The Labute approximate surface area is 120 Å². The smallest absolute Gasteiger partial charge is 0.387 e. The van der Waals surface area contributed by atoms with Crippen molar-refractivity contribution in [3.63, 3.8) is 0 Å². The van der Waals surface area contributed by atoms with E-state index in [0.29, 0.717) is 12.8 Å². The van der Waals surface area contributed by atoms with E-state index >= 15 is 0 Å². The van der Waals surface area contributed by atoms with Crippen LogP contribution in [-0.2, 0) is 14.8 Å². The van der Waals surface area contributed by atoms with Crippen molar-refractivity contribution in [3.05, 3.63) is 24.3 Å². The fourth-order valence-electron chi connectivity index (χ4n) is 1.83. The lowest BCUT2D eigenvalue weighted by molar-refractivity contribution is -0.137. The fraction of sp³-hybridized carbons (Fsp3) is 0.417. The van der Waals surface area contributed by atoms with Gasteiger partial charge in [0.2, 0.25) is 10.0 Å². The molecule has 1 aliphatic rings. The van der Waals surface area contributed by atoms with Crippen LogP contribution in [0.3, 0.4) is 0 Å². The van der Waals surface area contributed by atoms with E-state index in [0.717, 1.165) is 28.6 Å². The lowest BCUT2D eigenvalue weighted by Crippen LogP contribution is -2.37. The highest BCUT2D eigenvalue weighted by Crippen LogP contribution is 2.32. The monoisotopic (exact) mass is 321 g/mol. The third kappa shape index (κ3) is 3.88. The Morgan fingerprint density at radius 3 is 2.33 bits per heavy atom. The van der Waals surface area contributed by atoms with Gasteiger partial charge in [-0.2, -0.15) is 13.1 Å². The summed E-state index contributed by atoms with van der Waals surface area (Å²) in [6.45, 7) is -3.62. The molecule has 0 aromatic heterocycles. The Kier molecular flexibility index (Phi) is 4.43. The molecule has 2 rings (SSSR count). The molecule has 1 aromatic carbocycles. The zero-order valence-electron chi connectivity index (χ0n) is 10.8. The number of carboxylic acid groups (broad SMARTS) is 1. The van der Waals surface area contributed by atoms with Gasteiger partial charge in [0, 0.05) is 6.04 Å². The van der Waals surface area contributed by atoms with Crippen LogP contribution in [0.25, 0.3) is 0 Å². The van der Waals surface area contributed by atoms with Crippen molar-refractivity contribution in [3.8, 4) is 5.75 Å². The summed E-state index contributed by atoms with van der Waals surface area (Å²) in [6, 6.07) is 4.12. The summed E-state index contributed by atoms with van der Waals surface area (Å²) < 4.78 is 53.8. The lowest BCUT2D eigenvalue weighted by atomic mass is 10.3. The predicted molar refractivity (Wildman–Crippen MR) is 67.6 cm³/mol. The molecular formula is C12H13F2NO5S. The molecule has 0 amide bonds. The van der Waals surface area contributed by atoms with Gasteiger partial charge >= 0.3 is 12.6 Å². The number of rotatable bonds is 7. The molecule has 0 heterocycles. The van der Waals surface area contributed by atoms with Crippen LogP contribution in [0.4, 0.5) is 8.78 Å². The number of halogens is 2. The number of hydrogen-bond donors (Lipinski definition) is 1. The predicted octanol–water partition coefficient (Wildman–Crippen LogP) is 1.53. The summed E-state index contributed by atoms with van der Waals surface area (Å²) in [5.41, 5.74) is 0. The Hall–Kier alpha value is -1.74. The molecule has 0 saturated heterocycles. The molecule has 0 atom stereocenters. The fourth-order valence-corrected chi connectivity index (χ4v) is 3.47. The summed E-state index contributed by atoms with van der Waals surface area (Å²) in [4.78, 5) is 10.6. The van der Waals surface area contributed by atoms with E-state index in [2.05, 4.69) is 4.74 Å². The number of alkyl halides is 2. The van der Waals surface area contributed by atoms with Crippen LogP contribution in [0.2, 0.25) is 0 Å². The maximum absolute atomic E-state index is 12.4. The van der Waals surface area contributed by atoms with Gasteiger partial charge < -0.3 is 9.84 Å². The molecule has 1 saturated carbocycles. The molecule has 1 fully saturated rings. The third-order valence-electron chi connectivity index (χ3n) is 2.90. The molecule has 1 N–H and O–H groups in total. The standard InChI is InChI=1S/C12H13F2NO5S/c13-12(14)20-9-3-5-10(6-4-9)21(18,19)15(7-11(16)17)8-1-2-8/h3-6,8,12H,1-2,7H2,(H,16,17). The molecule has 9 heteroatoms. The van der Waals surface area contributed by atoms with Crippen molar-refractivity contribution in [2.45, 2.75) is 30.4 Å². The van der Waals surface area contributed by atoms with Crippen molar-refractivity contribution in [2.75, 3.05) is 6.54 Å². The van der Waals surface area contributed by atoms with Gasteiger partial charge in [-0.1, -0.05) is 0 Å². The van der Waals surface area contributed by atoms with Gasteiger partial charge in [-0.15, -0.1) is 0 Å². The quantitative estimate of drug-likeness (QED) is 0.823. The third-order valence-corrected chi connectivity index (χ3v) is 4.81. The molecule has 0 bridgehead atoms. The number of carboxylic acids is 1. The zero-order valence-corrected chi connectivity index (χ0v) is 11.6. The molecule has 116 valence electrons. The molecule has 0 aliphatic heterocycles. The van der Waals surface area contributed by atoms with Crippen LogP contribution >= 0.6 is 0 Å². The minimum atomic E-state index is -3.97. The molecule has 1 aliphatic carbocycles. The number of aliphatic carboxylic acids is 1. The summed E-state index contributed by atoms with van der Waals surface area (Å²) in [7, 11) is -3.97. The highest BCUT2D eigenvalue weighted by Gasteiger charge is 2.39. The zero-order chi connectivity index (χ0) is 15.6. The van der Waals surface area contributed by atoms with Crippen molar-refractivity contribution < 1.29 is 31.8 Å². The number of ether oxygens (including phenoxy) is 1. The van der Waals surface area contributed by atoms with Gasteiger partial charge in [-0.3, -0.25) is 4.79 Å². The van der Waals surface area contributed by atoms with E-state index in [1.807, 2.05) is 0 Å². The first-order chi connectivity index (χ1) is 9.80. The molecule has 0 unspecified atom stereocenters. The lowest BCUT2D eigenvalue weighted by Gasteiger charge is -2.19. The average Bonchev–Trinajstić information content (AvgIpc) is 3.19. The SMILES string of the molecule is O=C(O)CN(C1CC1)S(=O)(=O)c1ccc(OC(F)F)cc1. The van der Waals surface area contributed by atoms with Gasteiger partial charge in [0.25, 0.3) is 0 Å². The highest BCUT2D eigenvalue weighted by molar-refractivity contribution is 7.89. The van der Waals surface area contributed by atoms with Crippen LogP contribution in [0.1, 0.15) is 12.8 Å². The number of benzene rings is 1. The van der Waals surface area contributed by atoms with E-state index in [9.17, 15) is 22.0 Å². The van der Waals surface area contributed by atoms with Gasteiger partial charge in [-0.25, -0.2) is 8.42 Å². The van der Waals surface area contributed by atoms with Crippen LogP contribution in [0.5, 0.6) is 5.75 Å². The number of hydrogen-bond acceptors (Lipinski definition) is 4. The van der Waals surface area contributed by atoms with Crippen LogP contribution < -0.4 is 4.74 Å². The van der Waals surface area contributed by atoms with Crippen molar-refractivity contribution in [1.82, 2.24) is 4.31 Å². The van der Waals surface area contributed by atoms with E-state index in [1.54, 1.807) is 0 Å². The molecule has 21 heavy (non-hydrogen) atoms. The minimum Gasteiger partial charge on any atom is -0.480 e. The second-order valence-electron chi connectivity index (χ2n) is 4.53. The van der Waals surface area contributed by atoms with Crippen molar-refractivity contribution in [2.24, 2.45) is 0 Å². The Morgan fingerprint density at radius 2 is 1.90 bits per heavy atom. The number of sulfonamides is 1. The van der Waals surface area contributed by atoms with Crippen molar-refractivity contribution in [1.29, 1.82) is 0 Å². The first-order valence-electron chi connectivity index (χ1n) is 6.09. The molecule has 0 radical (unpaired) electrons. The van der Waals surface area contributed by atoms with Crippen molar-refractivity contribution >= 4 is 16.0 Å². The van der Waals surface area contributed by atoms with Gasteiger partial charge in [0.05, 0.1) is 4.90 Å². The Morgan fingerprint density at radius 1 is 1.33 bits per heavy atom. The maximum Gasteiger partial charge on any atom is 0.387 e. The topological polar surface area (TPSA) is 83.9 Å². The second-order valence-corrected chi connectivity index (χ2v) is 6.42. The van der Waals surface area contributed by atoms with Gasteiger partial charge in [0.15, 0.2) is 0 Å². The molecule has 0 spiro atoms.